The third kappa shape index (κ3) is 4.67. The zero-order valence-corrected chi connectivity index (χ0v) is 11.8. The van der Waals surface area contributed by atoms with E-state index in [-0.39, 0.29) is 6.10 Å². The molecule has 0 saturated carbocycles. The second-order valence-corrected chi connectivity index (χ2v) is 4.97. The predicted octanol–water partition coefficient (Wildman–Crippen LogP) is 2.58. The fourth-order valence-electron chi connectivity index (χ4n) is 2.22. The molecular formula is C15H24O3. The molecular weight excluding hydrogens is 228 g/mol. The van der Waals surface area contributed by atoms with Gasteiger partial charge in [0.2, 0.25) is 0 Å². The van der Waals surface area contributed by atoms with Gasteiger partial charge >= 0.3 is 0 Å². The molecule has 0 aliphatic carbocycles. The monoisotopic (exact) mass is 252 g/mol. The molecule has 0 amide bonds. The summed E-state index contributed by atoms with van der Waals surface area (Å²) in [7, 11) is 3.35. The Balaban J connectivity index is 2.63. The van der Waals surface area contributed by atoms with Crippen LogP contribution in [-0.2, 0) is 11.2 Å². The lowest BCUT2D eigenvalue weighted by atomic mass is 9.97. The molecule has 3 nitrogen and oxygen atoms in total. The van der Waals surface area contributed by atoms with Crippen molar-refractivity contribution < 1.29 is 14.6 Å². The van der Waals surface area contributed by atoms with Crippen molar-refractivity contribution in [3.63, 3.8) is 0 Å². The SMILES string of the molecule is COCC(C)CC(O)Cc1cc(C)ccc1OC. The van der Waals surface area contributed by atoms with Crippen molar-refractivity contribution >= 4 is 0 Å². The maximum absolute atomic E-state index is 10.1. The summed E-state index contributed by atoms with van der Waals surface area (Å²) in [6.07, 6.45) is 1.01. The number of ether oxygens (including phenoxy) is 2. The van der Waals surface area contributed by atoms with Gasteiger partial charge in [-0.3, -0.25) is 0 Å². The number of benzene rings is 1. The van der Waals surface area contributed by atoms with E-state index in [4.69, 9.17) is 9.47 Å². The van der Waals surface area contributed by atoms with E-state index in [1.54, 1.807) is 14.2 Å². The summed E-state index contributed by atoms with van der Waals surface area (Å²) < 4.78 is 10.4. The summed E-state index contributed by atoms with van der Waals surface area (Å²) in [5.41, 5.74) is 2.25. The Bertz CT molecular complexity index is 363. The van der Waals surface area contributed by atoms with E-state index < -0.39 is 0 Å². The molecule has 1 aromatic carbocycles. The van der Waals surface area contributed by atoms with Gasteiger partial charge in [0.15, 0.2) is 0 Å². The van der Waals surface area contributed by atoms with Crippen LogP contribution >= 0.6 is 0 Å². The van der Waals surface area contributed by atoms with Crippen LogP contribution in [0.4, 0.5) is 0 Å². The van der Waals surface area contributed by atoms with Crippen LogP contribution in [0.5, 0.6) is 5.75 Å². The highest BCUT2D eigenvalue weighted by Crippen LogP contribution is 2.22. The Morgan fingerprint density at radius 1 is 1.28 bits per heavy atom. The molecule has 0 spiro atoms. The summed E-state index contributed by atoms with van der Waals surface area (Å²) >= 11 is 0. The lowest BCUT2D eigenvalue weighted by molar-refractivity contribution is 0.101. The van der Waals surface area contributed by atoms with Gasteiger partial charge in [0.05, 0.1) is 13.2 Å². The number of hydrogen-bond acceptors (Lipinski definition) is 3. The second kappa shape index (κ2) is 7.39. The highest BCUT2D eigenvalue weighted by atomic mass is 16.5. The lowest BCUT2D eigenvalue weighted by Crippen LogP contribution is -2.17. The van der Waals surface area contributed by atoms with Crippen LogP contribution in [0.3, 0.4) is 0 Å². The van der Waals surface area contributed by atoms with Crippen molar-refractivity contribution in [3.05, 3.63) is 29.3 Å². The number of rotatable bonds is 7. The smallest absolute Gasteiger partial charge is 0.122 e. The van der Waals surface area contributed by atoms with E-state index in [2.05, 4.69) is 13.0 Å². The summed E-state index contributed by atoms with van der Waals surface area (Å²) in [5, 5.41) is 10.1. The summed E-state index contributed by atoms with van der Waals surface area (Å²) in [4.78, 5) is 0. The largest absolute Gasteiger partial charge is 0.496 e. The minimum atomic E-state index is -0.356. The van der Waals surface area contributed by atoms with Gasteiger partial charge in [-0.05, 0) is 30.9 Å². The van der Waals surface area contributed by atoms with Crippen molar-refractivity contribution in [3.8, 4) is 5.75 Å². The average Bonchev–Trinajstić information content (AvgIpc) is 2.29. The number of aliphatic hydroxyl groups is 1. The first-order valence-electron chi connectivity index (χ1n) is 6.37. The molecule has 3 heteroatoms. The zero-order valence-electron chi connectivity index (χ0n) is 11.8. The first-order valence-corrected chi connectivity index (χ1v) is 6.37. The summed E-state index contributed by atoms with van der Waals surface area (Å²) in [6, 6.07) is 6.04. The molecule has 0 aromatic heterocycles. The predicted molar refractivity (Wildman–Crippen MR) is 73.1 cm³/mol. The van der Waals surface area contributed by atoms with Gasteiger partial charge in [0.1, 0.15) is 5.75 Å². The minimum Gasteiger partial charge on any atom is -0.496 e. The van der Waals surface area contributed by atoms with Crippen LogP contribution < -0.4 is 4.74 Å². The van der Waals surface area contributed by atoms with Gasteiger partial charge < -0.3 is 14.6 Å². The average molecular weight is 252 g/mol. The third-order valence-electron chi connectivity index (χ3n) is 3.02. The van der Waals surface area contributed by atoms with Crippen LogP contribution in [0.25, 0.3) is 0 Å². The van der Waals surface area contributed by atoms with Crippen LogP contribution in [0.15, 0.2) is 18.2 Å². The zero-order chi connectivity index (χ0) is 13.5. The first kappa shape index (κ1) is 15.0. The fourth-order valence-corrected chi connectivity index (χ4v) is 2.22. The van der Waals surface area contributed by atoms with E-state index in [9.17, 15) is 5.11 Å². The molecule has 0 aliphatic heterocycles. The number of aryl methyl sites for hydroxylation is 1. The Morgan fingerprint density at radius 3 is 2.61 bits per heavy atom. The van der Waals surface area contributed by atoms with Crippen molar-refractivity contribution in [1.29, 1.82) is 0 Å². The number of aliphatic hydroxyl groups excluding tert-OH is 1. The molecule has 1 N–H and O–H groups in total. The van der Waals surface area contributed by atoms with Gasteiger partial charge in [-0.15, -0.1) is 0 Å². The fraction of sp³-hybridized carbons (Fsp3) is 0.600. The molecule has 2 atom stereocenters. The van der Waals surface area contributed by atoms with Crippen LogP contribution in [0.1, 0.15) is 24.5 Å². The van der Waals surface area contributed by atoms with E-state index in [0.717, 1.165) is 17.7 Å². The maximum Gasteiger partial charge on any atom is 0.122 e. The molecule has 102 valence electrons. The van der Waals surface area contributed by atoms with Gasteiger partial charge in [-0.25, -0.2) is 0 Å². The topological polar surface area (TPSA) is 38.7 Å². The highest BCUT2D eigenvalue weighted by Gasteiger charge is 2.13. The van der Waals surface area contributed by atoms with Crippen molar-refractivity contribution in [2.75, 3.05) is 20.8 Å². The van der Waals surface area contributed by atoms with Crippen LogP contribution in [-0.4, -0.2) is 32.0 Å². The number of hydrogen-bond donors (Lipinski definition) is 1. The highest BCUT2D eigenvalue weighted by molar-refractivity contribution is 5.37. The van der Waals surface area contributed by atoms with Crippen molar-refractivity contribution in [2.45, 2.75) is 32.8 Å². The van der Waals surface area contributed by atoms with E-state index in [1.165, 1.54) is 5.56 Å². The van der Waals surface area contributed by atoms with Crippen LogP contribution in [0, 0.1) is 12.8 Å². The van der Waals surface area contributed by atoms with Gasteiger partial charge in [0, 0.05) is 20.1 Å². The second-order valence-electron chi connectivity index (χ2n) is 4.97. The Morgan fingerprint density at radius 2 is 2.00 bits per heavy atom. The number of methoxy groups -OCH3 is 2. The molecule has 2 unspecified atom stereocenters. The van der Waals surface area contributed by atoms with Crippen LogP contribution in [0.2, 0.25) is 0 Å². The Labute approximate surface area is 110 Å². The quantitative estimate of drug-likeness (QED) is 0.810. The van der Waals surface area contributed by atoms with Gasteiger partial charge in [0.25, 0.3) is 0 Å². The molecule has 1 rings (SSSR count). The lowest BCUT2D eigenvalue weighted by Gasteiger charge is -2.17. The molecule has 1 aromatic rings. The normalized spacial score (nSPS) is 14.3. The van der Waals surface area contributed by atoms with E-state index >= 15 is 0 Å². The molecule has 0 radical (unpaired) electrons. The first-order chi connectivity index (χ1) is 8.56. The van der Waals surface area contributed by atoms with Crippen molar-refractivity contribution in [1.82, 2.24) is 0 Å². The minimum absolute atomic E-state index is 0.356. The third-order valence-corrected chi connectivity index (χ3v) is 3.02. The molecule has 0 saturated heterocycles. The maximum atomic E-state index is 10.1. The van der Waals surface area contributed by atoms with E-state index in [0.29, 0.717) is 18.9 Å². The molecule has 0 fully saturated rings. The van der Waals surface area contributed by atoms with Crippen molar-refractivity contribution in [2.24, 2.45) is 5.92 Å². The molecule has 0 bridgehead atoms. The summed E-state index contributed by atoms with van der Waals surface area (Å²) in [6.45, 7) is 4.81. The van der Waals surface area contributed by atoms with Gasteiger partial charge in [-0.2, -0.15) is 0 Å². The molecule has 0 heterocycles. The Kier molecular flexibility index (Phi) is 6.16. The van der Waals surface area contributed by atoms with E-state index in [1.807, 2.05) is 19.1 Å². The molecule has 18 heavy (non-hydrogen) atoms. The molecule has 0 aliphatic rings. The van der Waals surface area contributed by atoms with Gasteiger partial charge in [-0.1, -0.05) is 24.6 Å². The standard InChI is InChI=1S/C15H24O3/c1-11-5-6-15(18-4)13(7-11)9-14(16)8-12(2)10-17-3/h5-7,12,14,16H,8-10H2,1-4H3. The Hall–Kier alpha value is -1.06. The summed E-state index contributed by atoms with van der Waals surface area (Å²) in [5.74, 6) is 1.21.